The number of alkyl carbamates (subject to hydrolysis) is 1. The Balaban J connectivity index is 0. The first kappa shape index (κ1) is 37.8. The fourth-order valence-corrected chi connectivity index (χ4v) is 3.29. The summed E-state index contributed by atoms with van der Waals surface area (Å²) in [6.45, 7) is 19.5. The van der Waals surface area contributed by atoms with Crippen LogP contribution in [0.2, 0.25) is 0 Å². The number of aryl methyl sites for hydroxylation is 1. The lowest BCUT2D eigenvalue weighted by atomic mass is 10.0. The maximum Gasteiger partial charge on any atom is 0.407 e. The highest BCUT2D eigenvalue weighted by Gasteiger charge is 2.47. The summed E-state index contributed by atoms with van der Waals surface area (Å²) in [6, 6.07) is 6.99. The zero-order valence-corrected chi connectivity index (χ0v) is 25.3. The van der Waals surface area contributed by atoms with Crippen molar-refractivity contribution in [3.63, 3.8) is 0 Å². The van der Waals surface area contributed by atoms with Gasteiger partial charge in [0.15, 0.2) is 0 Å². The topological polar surface area (TPSA) is 117 Å². The van der Waals surface area contributed by atoms with Crippen LogP contribution in [0.1, 0.15) is 91.7 Å². The Morgan fingerprint density at radius 1 is 0.974 bits per heavy atom. The lowest BCUT2D eigenvalue weighted by Crippen LogP contribution is -2.44. The Bertz CT molecular complexity index is 851. The smallest absolute Gasteiger partial charge is 0.407 e. The van der Waals surface area contributed by atoms with Crippen molar-refractivity contribution in [2.45, 2.75) is 106 Å². The number of rotatable bonds is 5. The molecule has 1 N–H and O–H groups in total. The van der Waals surface area contributed by atoms with Gasteiger partial charge in [0.05, 0.1) is 13.7 Å². The van der Waals surface area contributed by atoms with Crippen LogP contribution in [0, 0.1) is 6.92 Å². The van der Waals surface area contributed by atoms with Crippen LogP contribution in [0.25, 0.3) is 0 Å². The van der Waals surface area contributed by atoms with Crippen molar-refractivity contribution in [3.8, 4) is 0 Å². The number of nitrogens with one attached hydrogen (secondary N) is 1. The van der Waals surface area contributed by atoms with Crippen molar-refractivity contribution in [1.29, 1.82) is 0 Å². The minimum Gasteiger partial charge on any atom is -0.467 e. The van der Waals surface area contributed by atoms with E-state index in [2.05, 4.69) is 30.5 Å². The van der Waals surface area contributed by atoms with E-state index in [1.165, 1.54) is 13.5 Å². The van der Waals surface area contributed by atoms with Gasteiger partial charge in [-0.3, -0.25) is 0 Å². The van der Waals surface area contributed by atoms with Crippen molar-refractivity contribution in [1.82, 2.24) is 5.32 Å². The summed E-state index contributed by atoms with van der Waals surface area (Å²) in [5.74, 6) is -2.74. The number of carbonyl (C=O) groups is 4. The highest BCUT2D eigenvalue weighted by Crippen LogP contribution is 2.37. The molecule has 1 heterocycles. The zero-order valence-electron chi connectivity index (χ0n) is 25.3. The molecule has 1 unspecified atom stereocenters. The second kappa shape index (κ2) is 21.6. The molecular formula is C30H49NO8. The van der Waals surface area contributed by atoms with Crippen LogP contribution >= 0.6 is 0 Å². The highest BCUT2D eigenvalue weighted by molar-refractivity contribution is 6.14. The van der Waals surface area contributed by atoms with Gasteiger partial charge in [0.25, 0.3) is 5.79 Å². The molecule has 1 aromatic rings. The van der Waals surface area contributed by atoms with Crippen molar-refractivity contribution in [3.05, 3.63) is 47.5 Å². The van der Waals surface area contributed by atoms with Gasteiger partial charge in [0.2, 0.25) is 0 Å². The van der Waals surface area contributed by atoms with Gasteiger partial charge in [0, 0.05) is 19.3 Å². The van der Waals surface area contributed by atoms with Crippen LogP contribution in [0.4, 0.5) is 4.79 Å². The number of amides is 1. The first-order valence-corrected chi connectivity index (χ1v) is 13.8. The van der Waals surface area contributed by atoms with Gasteiger partial charge in [0.1, 0.15) is 11.6 Å². The SMILES string of the molecule is C=C1C(=O)OC2(CCCC2)OC1=O.CC.CC.CCC.CCOC(=O)NC(Cc1ccc(C)cc1)C(=O)OC. The monoisotopic (exact) mass is 551 g/mol. The average molecular weight is 552 g/mol. The molecule has 0 aromatic heterocycles. The Morgan fingerprint density at radius 3 is 1.85 bits per heavy atom. The molecule has 1 aliphatic carbocycles. The summed E-state index contributed by atoms with van der Waals surface area (Å²) >= 11 is 0. The van der Waals surface area contributed by atoms with Crippen LogP contribution < -0.4 is 5.32 Å². The number of ether oxygens (including phenoxy) is 4. The third-order valence-corrected chi connectivity index (χ3v) is 5.03. The van der Waals surface area contributed by atoms with E-state index in [9.17, 15) is 19.2 Å². The third-order valence-electron chi connectivity index (χ3n) is 5.03. The first-order valence-electron chi connectivity index (χ1n) is 13.8. The second-order valence-electron chi connectivity index (χ2n) is 8.21. The number of methoxy groups -OCH3 is 1. The van der Waals surface area contributed by atoms with E-state index in [-0.39, 0.29) is 12.2 Å². The summed E-state index contributed by atoms with van der Waals surface area (Å²) in [6.07, 6.45) is 4.06. The van der Waals surface area contributed by atoms with Gasteiger partial charge in [-0.1, -0.05) is 84.4 Å². The van der Waals surface area contributed by atoms with Crippen molar-refractivity contribution in [2.24, 2.45) is 0 Å². The maximum absolute atomic E-state index is 11.6. The second-order valence-corrected chi connectivity index (χ2v) is 8.21. The minimum atomic E-state index is -0.963. The summed E-state index contributed by atoms with van der Waals surface area (Å²) in [4.78, 5) is 45.3. The van der Waals surface area contributed by atoms with Gasteiger partial charge in [-0.25, -0.2) is 19.2 Å². The highest BCUT2D eigenvalue weighted by atomic mass is 16.7. The number of hydrogen-bond acceptors (Lipinski definition) is 8. The van der Waals surface area contributed by atoms with Gasteiger partial charge in [-0.2, -0.15) is 0 Å². The van der Waals surface area contributed by atoms with Crippen LogP contribution in [0.15, 0.2) is 36.4 Å². The molecule has 1 saturated heterocycles. The molecule has 2 fully saturated rings. The lowest BCUT2D eigenvalue weighted by Gasteiger charge is -2.32. The Morgan fingerprint density at radius 2 is 1.44 bits per heavy atom. The van der Waals surface area contributed by atoms with E-state index in [1.807, 2.05) is 58.9 Å². The molecule has 3 rings (SSSR count). The van der Waals surface area contributed by atoms with Gasteiger partial charge < -0.3 is 24.3 Å². The zero-order chi connectivity index (χ0) is 30.4. The van der Waals surface area contributed by atoms with Crippen molar-refractivity contribution >= 4 is 24.0 Å². The number of carbonyl (C=O) groups excluding carboxylic acids is 4. The van der Waals surface area contributed by atoms with Crippen molar-refractivity contribution in [2.75, 3.05) is 13.7 Å². The van der Waals surface area contributed by atoms with Gasteiger partial charge >= 0.3 is 24.0 Å². The first-order chi connectivity index (χ1) is 18.6. The fourth-order valence-electron chi connectivity index (χ4n) is 3.29. The number of esters is 3. The largest absolute Gasteiger partial charge is 0.467 e. The Hall–Kier alpha value is -3.36. The quantitative estimate of drug-likeness (QED) is 0.199. The molecule has 0 radical (unpaired) electrons. The Labute approximate surface area is 234 Å². The molecule has 39 heavy (non-hydrogen) atoms. The summed E-state index contributed by atoms with van der Waals surface area (Å²) in [7, 11) is 1.29. The van der Waals surface area contributed by atoms with E-state index < -0.39 is 35.8 Å². The standard InChI is InChI=1S/C14H19NO4.C9H10O4.C3H8.2C2H6/c1-4-19-14(17)15-12(13(16)18-3)9-11-7-5-10(2)6-8-11;1-6-7(10)12-9(13-8(6)11)4-2-3-5-9;1-3-2;2*1-2/h5-8,12H,4,9H2,1-3H3,(H,15,17);1-5H2;3H2,1-2H3;2*1-2H3. The molecule has 1 aliphatic heterocycles. The van der Waals surface area contributed by atoms with Crippen LogP contribution in [-0.4, -0.2) is 49.5 Å². The predicted molar refractivity (Wildman–Crippen MR) is 152 cm³/mol. The number of hydrogen-bond donors (Lipinski definition) is 1. The molecule has 222 valence electrons. The number of benzene rings is 1. The fraction of sp³-hybridized carbons (Fsp3) is 0.600. The molecule has 1 spiro atoms. The van der Waals surface area contributed by atoms with E-state index in [1.54, 1.807) is 6.92 Å². The molecule has 1 saturated carbocycles. The van der Waals surface area contributed by atoms with Crippen LogP contribution in [-0.2, 0) is 39.8 Å². The van der Waals surface area contributed by atoms with Crippen molar-refractivity contribution < 1.29 is 38.1 Å². The maximum atomic E-state index is 11.6. The molecule has 1 aromatic carbocycles. The van der Waals surface area contributed by atoms with E-state index >= 15 is 0 Å². The normalized spacial score (nSPS) is 15.1. The average Bonchev–Trinajstić information content (AvgIpc) is 3.38. The summed E-state index contributed by atoms with van der Waals surface area (Å²) in [5.41, 5.74) is 1.87. The van der Waals surface area contributed by atoms with E-state index in [0.29, 0.717) is 19.3 Å². The summed E-state index contributed by atoms with van der Waals surface area (Å²) in [5, 5.41) is 2.50. The molecule has 9 heteroatoms. The van der Waals surface area contributed by atoms with E-state index in [4.69, 9.17) is 14.2 Å². The third kappa shape index (κ3) is 14.4. The lowest BCUT2D eigenvalue weighted by molar-refractivity contribution is -0.232. The van der Waals surface area contributed by atoms with E-state index in [0.717, 1.165) is 24.0 Å². The molecule has 0 bridgehead atoms. The Kier molecular flexibility index (Phi) is 20.9. The minimum absolute atomic E-state index is 0.211. The van der Waals surface area contributed by atoms with Crippen LogP contribution in [0.3, 0.4) is 0 Å². The molecule has 1 atom stereocenters. The van der Waals surface area contributed by atoms with Gasteiger partial charge in [-0.05, 0) is 32.3 Å². The summed E-state index contributed by atoms with van der Waals surface area (Å²) < 4.78 is 19.5. The molecule has 9 nitrogen and oxygen atoms in total. The predicted octanol–water partition coefficient (Wildman–Crippen LogP) is 6.21. The van der Waals surface area contributed by atoms with Crippen LogP contribution in [0.5, 0.6) is 0 Å². The van der Waals surface area contributed by atoms with Gasteiger partial charge in [-0.15, -0.1) is 0 Å². The molecule has 2 aliphatic rings. The molecule has 1 amide bonds. The molecular weight excluding hydrogens is 502 g/mol.